The summed E-state index contributed by atoms with van der Waals surface area (Å²) >= 11 is 6.01. The molecule has 0 bridgehead atoms. The summed E-state index contributed by atoms with van der Waals surface area (Å²) in [6.45, 7) is 2.01. The van der Waals surface area contributed by atoms with Crippen LogP contribution in [-0.4, -0.2) is 53.8 Å². The minimum Gasteiger partial charge on any atom is -0.482 e. The van der Waals surface area contributed by atoms with Crippen LogP contribution in [0.15, 0.2) is 24.3 Å². The second-order valence-electron chi connectivity index (χ2n) is 6.63. The van der Waals surface area contributed by atoms with Crippen molar-refractivity contribution in [2.24, 2.45) is 0 Å². The lowest BCUT2D eigenvalue weighted by molar-refractivity contribution is -0.125. The molecule has 132 valence electrons. The number of aliphatic hydroxyl groups is 1. The molecular formula is C18H25ClN2O3. The van der Waals surface area contributed by atoms with Gasteiger partial charge in [0.2, 0.25) is 0 Å². The number of halogens is 1. The highest BCUT2D eigenvalue weighted by atomic mass is 35.5. The van der Waals surface area contributed by atoms with Crippen molar-refractivity contribution < 1.29 is 14.6 Å². The molecule has 1 saturated carbocycles. The van der Waals surface area contributed by atoms with E-state index in [1.165, 1.54) is 12.8 Å². The summed E-state index contributed by atoms with van der Waals surface area (Å²) in [5, 5.41) is 14.1. The van der Waals surface area contributed by atoms with Crippen LogP contribution < -0.4 is 10.1 Å². The van der Waals surface area contributed by atoms with Crippen LogP contribution in [0, 0.1) is 0 Å². The van der Waals surface area contributed by atoms with E-state index in [0.29, 0.717) is 10.8 Å². The van der Waals surface area contributed by atoms with Gasteiger partial charge in [-0.3, -0.25) is 9.69 Å². The summed E-state index contributed by atoms with van der Waals surface area (Å²) in [6, 6.07) is 7.04. The van der Waals surface area contributed by atoms with E-state index in [-0.39, 0.29) is 24.6 Å². The molecule has 1 amide bonds. The molecule has 1 heterocycles. The Bertz CT molecular complexity index is 563. The van der Waals surface area contributed by atoms with Crippen molar-refractivity contribution in [2.75, 3.05) is 19.7 Å². The molecule has 24 heavy (non-hydrogen) atoms. The average Bonchev–Trinajstić information content (AvgIpc) is 3.10. The minimum absolute atomic E-state index is 0.0959. The topological polar surface area (TPSA) is 61.8 Å². The molecular weight excluding hydrogens is 328 g/mol. The average molecular weight is 353 g/mol. The van der Waals surface area contributed by atoms with Gasteiger partial charge < -0.3 is 15.2 Å². The summed E-state index contributed by atoms with van der Waals surface area (Å²) in [6.07, 6.45) is 4.72. The van der Waals surface area contributed by atoms with Gasteiger partial charge in [0.25, 0.3) is 5.91 Å². The van der Waals surface area contributed by atoms with Crippen LogP contribution in [0.2, 0.25) is 5.02 Å². The van der Waals surface area contributed by atoms with E-state index in [1.807, 2.05) is 12.1 Å². The zero-order valence-corrected chi connectivity index (χ0v) is 14.5. The second-order valence-corrected chi connectivity index (χ2v) is 7.03. The third kappa shape index (κ3) is 4.21. The van der Waals surface area contributed by atoms with Gasteiger partial charge >= 0.3 is 0 Å². The maximum Gasteiger partial charge on any atom is 0.258 e. The van der Waals surface area contributed by atoms with Gasteiger partial charge in [-0.25, -0.2) is 0 Å². The fourth-order valence-electron chi connectivity index (χ4n) is 3.74. The molecule has 5 nitrogen and oxygen atoms in total. The van der Waals surface area contributed by atoms with E-state index in [9.17, 15) is 9.90 Å². The third-order valence-electron chi connectivity index (χ3n) is 4.97. The fourth-order valence-corrected chi connectivity index (χ4v) is 3.93. The van der Waals surface area contributed by atoms with Crippen LogP contribution >= 0.6 is 11.6 Å². The molecule has 3 rings (SSSR count). The molecule has 1 aromatic rings. The summed E-state index contributed by atoms with van der Waals surface area (Å²) in [4.78, 5) is 14.5. The van der Waals surface area contributed by atoms with Gasteiger partial charge in [-0.1, -0.05) is 23.7 Å². The summed E-state index contributed by atoms with van der Waals surface area (Å²) in [5.41, 5.74) is 0. The minimum atomic E-state index is -0.513. The molecule has 0 radical (unpaired) electrons. The zero-order valence-electron chi connectivity index (χ0n) is 13.8. The Kier molecular flexibility index (Phi) is 5.98. The first-order chi connectivity index (χ1) is 11.6. The Morgan fingerprint density at radius 3 is 2.75 bits per heavy atom. The highest BCUT2D eigenvalue weighted by molar-refractivity contribution is 6.32. The number of rotatable bonds is 5. The van der Waals surface area contributed by atoms with Crippen LogP contribution in [0.3, 0.4) is 0 Å². The number of nitrogens with one attached hydrogen (secondary N) is 1. The van der Waals surface area contributed by atoms with Crippen LogP contribution in [0.5, 0.6) is 5.75 Å². The smallest absolute Gasteiger partial charge is 0.258 e. The predicted octanol–water partition coefficient (Wildman–Crippen LogP) is 2.21. The predicted molar refractivity (Wildman–Crippen MR) is 93.3 cm³/mol. The number of carbonyl (C=O) groups excluding carboxylic acids is 1. The van der Waals surface area contributed by atoms with E-state index in [1.54, 1.807) is 12.1 Å². The first-order valence-corrected chi connectivity index (χ1v) is 9.12. The first-order valence-electron chi connectivity index (χ1n) is 8.74. The number of ether oxygens (including phenoxy) is 1. The molecule has 0 spiro atoms. The number of likely N-dealkylation sites (tertiary alicyclic amines) is 1. The maximum atomic E-state index is 12.2. The van der Waals surface area contributed by atoms with Crippen molar-refractivity contribution in [1.82, 2.24) is 10.2 Å². The number of carbonyl (C=O) groups is 1. The molecule has 1 aliphatic heterocycles. The first kappa shape index (κ1) is 17.5. The molecule has 0 unspecified atom stereocenters. The van der Waals surface area contributed by atoms with E-state index in [4.69, 9.17) is 16.3 Å². The van der Waals surface area contributed by atoms with Gasteiger partial charge in [0.15, 0.2) is 6.61 Å². The lowest BCUT2D eigenvalue weighted by Gasteiger charge is -2.40. The van der Waals surface area contributed by atoms with E-state index in [2.05, 4.69) is 10.2 Å². The summed E-state index contributed by atoms with van der Waals surface area (Å²) < 4.78 is 5.47. The summed E-state index contributed by atoms with van der Waals surface area (Å²) in [5.74, 6) is 0.273. The lowest BCUT2D eigenvalue weighted by atomic mass is 9.87. The Balaban J connectivity index is 1.50. The lowest BCUT2D eigenvalue weighted by Crippen LogP contribution is -2.56. The molecule has 3 atom stereocenters. The van der Waals surface area contributed by atoms with Crippen molar-refractivity contribution >= 4 is 17.5 Å². The largest absolute Gasteiger partial charge is 0.482 e. The van der Waals surface area contributed by atoms with Crippen LogP contribution in [-0.2, 0) is 4.79 Å². The van der Waals surface area contributed by atoms with E-state index < -0.39 is 6.10 Å². The van der Waals surface area contributed by atoms with Crippen molar-refractivity contribution in [3.05, 3.63) is 29.3 Å². The van der Waals surface area contributed by atoms with E-state index in [0.717, 1.165) is 32.4 Å². The van der Waals surface area contributed by atoms with Gasteiger partial charge in [-0.15, -0.1) is 0 Å². The van der Waals surface area contributed by atoms with Gasteiger partial charge in [-0.2, -0.15) is 0 Å². The third-order valence-corrected chi connectivity index (χ3v) is 5.29. The summed E-state index contributed by atoms with van der Waals surface area (Å²) in [7, 11) is 0. The molecule has 2 N–H and O–H groups in total. The van der Waals surface area contributed by atoms with Gasteiger partial charge in [0.05, 0.1) is 17.2 Å². The monoisotopic (exact) mass is 352 g/mol. The molecule has 0 aromatic heterocycles. The quantitative estimate of drug-likeness (QED) is 0.853. The molecule has 1 aromatic carbocycles. The van der Waals surface area contributed by atoms with Crippen LogP contribution in [0.25, 0.3) is 0 Å². The number of nitrogens with zero attached hydrogens (tertiary/aromatic N) is 1. The normalized spacial score (nSPS) is 27.8. The number of benzene rings is 1. The van der Waals surface area contributed by atoms with Crippen LogP contribution in [0.1, 0.15) is 32.1 Å². The number of hydrogen-bond acceptors (Lipinski definition) is 4. The molecule has 2 fully saturated rings. The maximum absolute atomic E-state index is 12.2. The van der Waals surface area contributed by atoms with Gasteiger partial charge in [0, 0.05) is 6.04 Å². The highest BCUT2D eigenvalue weighted by Gasteiger charge is 2.36. The number of para-hydroxylation sites is 1. The van der Waals surface area contributed by atoms with E-state index >= 15 is 0 Å². The molecule has 1 aliphatic carbocycles. The van der Waals surface area contributed by atoms with Crippen molar-refractivity contribution in [3.8, 4) is 5.75 Å². The molecule has 6 heteroatoms. The molecule has 2 aliphatic rings. The second kappa shape index (κ2) is 8.19. The Hall–Kier alpha value is -1.30. The van der Waals surface area contributed by atoms with Crippen LogP contribution in [0.4, 0.5) is 0 Å². The fraction of sp³-hybridized carbons (Fsp3) is 0.611. The van der Waals surface area contributed by atoms with Gasteiger partial charge in [-0.05, 0) is 57.3 Å². The van der Waals surface area contributed by atoms with Crippen molar-refractivity contribution in [2.45, 2.75) is 50.3 Å². The van der Waals surface area contributed by atoms with Crippen molar-refractivity contribution in [3.63, 3.8) is 0 Å². The Morgan fingerprint density at radius 1 is 1.25 bits per heavy atom. The van der Waals surface area contributed by atoms with Crippen molar-refractivity contribution in [1.29, 1.82) is 0 Å². The van der Waals surface area contributed by atoms with Gasteiger partial charge in [0.1, 0.15) is 5.75 Å². The number of aliphatic hydroxyl groups excluding tert-OH is 1. The zero-order chi connectivity index (χ0) is 16.9. The molecule has 1 saturated heterocycles. The number of hydrogen-bond donors (Lipinski definition) is 2. The SMILES string of the molecule is O=C(COc1ccccc1Cl)N[C@@H]1CCC[C@@H](N2CCCC2)[C@@H]1O. The highest BCUT2D eigenvalue weighted by Crippen LogP contribution is 2.27. The Labute approximate surface area is 147 Å². The number of amides is 1. The Morgan fingerprint density at radius 2 is 2.00 bits per heavy atom. The standard InChI is InChI=1S/C18H25ClN2O3/c19-13-6-1-2-9-16(13)24-12-17(22)20-14-7-5-8-15(18(14)23)21-10-3-4-11-21/h1-2,6,9,14-15,18,23H,3-5,7-8,10-12H2,(H,20,22)/t14-,15-,18-/m1/s1.